The minimum absolute atomic E-state index is 0.0285. The summed E-state index contributed by atoms with van der Waals surface area (Å²) in [6, 6.07) is 3.43. The third-order valence-corrected chi connectivity index (χ3v) is 7.65. The lowest BCUT2D eigenvalue weighted by atomic mass is 10.2. The van der Waals surface area contributed by atoms with Crippen LogP contribution in [-0.4, -0.2) is 36.4 Å². The number of hydrogen-bond donors (Lipinski definition) is 1. The van der Waals surface area contributed by atoms with Crippen LogP contribution in [0.5, 0.6) is 0 Å². The highest BCUT2D eigenvalue weighted by Crippen LogP contribution is 2.38. The molecule has 118 valence electrons. The maximum atomic E-state index is 13.9. The lowest BCUT2D eigenvalue weighted by Crippen LogP contribution is -2.40. The van der Waals surface area contributed by atoms with Gasteiger partial charge >= 0.3 is 5.97 Å². The monoisotopic (exact) mass is 343 g/mol. The third kappa shape index (κ3) is 2.22. The first-order chi connectivity index (χ1) is 10.3. The van der Waals surface area contributed by atoms with Gasteiger partial charge in [-0.05, 0) is 37.5 Å². The van der Waals surface area contributed by atoms with Crippen molar-refractivity contribution in [1.82, 2.24) is 4.31 Å². The Morgan fingerprint density at radius 1 is 1.45 bits per heavy atom. The van der Waals surface area contributed by atoms with Gasteiger partial charge in [0.05, 0.1) is 0 Å². The number of rotatable bonds is 3. The molecule has 1 N–H and O–H groups in total. The Labute approximate surface area is 131 Å². The summed E-state index contributed by atoms with van der Waals surface area (Å²) in [6.07, 6.45) is 0.807. The Balaban J connectivity index is 2.16. The molecule has 2 aromatic rings. The Hall–Kier alpha value is -1.51. The van der Waals surface area contributed by atoms with E-state index in [4.69, 9.17) is 0 Å². The molecule has 1 aliphatic heterocycles. The smallest absolute Gasteiger partial charge is 0.322 e. The summed E-state index contributed by atoms with van der Waals surface area (Å²) in [5.41, 5.74) is 0.342. The van der Waals surface area contributed by atoms with Crippen molar-refractivity contribution in [3.05, 3.63) is 29.6 Å². The fourth-order valence-corrected chi connectivity index (χ4v) is 6.39. The largest absolute Gasteiger partial charge is 0.480 e. The van der Waals surface area contributed by atoms with Crippen molar-refractivity contribution < 1.29 is 22.7 Å². The summed E-state index contributed by atoms with van der Waals surface area (Å²) >= 11 is 0.983. The second kappa shape index (κ2) is 5.29. The molecule has 0 radical (unpaired) electrons. The van der Waals surface area contributed by atoms with Crippen LogP contribution in [0.1, 0.15) is 18.4 Å². The zero-order valence-electron chi connectivity index (χ0n) is 11.7. The first-order valence-corrected chi connectivity index (χ1v) is 9.02. The van der Waals surface area contributed by atoms with Crippen molar-refractivity contribution in [2.75, 3.05) is 6.54 Å². The van der Waals surface area contributed by atoms with Crippen LogP contribution in [-0.2, 0) is 14.8 Å². The Kier molecular flexibility index (Phi) is 3.70. The van der Waals surface area contributed by atoms with Gasteiger partial charge in [-0.2, -0.15) is 4.31 Å². The van der Waals surface area contributed by atoms with Gasteiger partial charge in [0.25, 0.3) is 10.0 Å². The molecule has 0 amide bonds. The molecule has 1 atom stereocenters. The van der Waals surface area contributed by atoms with Gasteiger partial charge in [-0.3, -0.25) is 4.79 Å². The number of aryl methyl sites for hydroxylation is 1. The SMILES string of the molecule is Cc1c(S(=O)(=O)N2CCC[C@@H]2C(=O)O)sc2cccc(F)c12. The Morgan fingerprint density at radius 2 is 2.18 bits per heavy atom. The zero-order chi connectivity index (χ0) is 16.1. The zero-order valence-corrected chi connectivity index (χ0v) is 13.4. The van der Waals surface area contributed by atoms with Gasteiger partial charge in [-0.25, -0.2) is 12.8 Å². The molecule has 1 aromatic carbocycles. The van der Waals surface area contributed by atoms with E-state index in [0.29, 0.717) is 23.1 Å². The quantitative estimate of drug-likeness (QED) is 0.929. The fourth-order valence-electron chi connectivity index (χ4n) is 2.86. The van der Waals surface area contributed by atoms with Crippen LogP contribution in [0.3, 0.4) is 0 Å². The first-order valence-electron chi connectivity index (χ1n) is 6.76. The van der Waals surface area contributed by atoms with Gasteiger partial charge in [-0.1, -0.05) is 6.07 Å². The molecule has 1 aliphatic rings. The molecular weight excluding hydrogens is 329 g/mol. The van der Waals surface area contributed by atoms with Gasteiger partial charge in [-0.15, -0.1) is 11.3 Å². The normalized spacial score (nSPS) is 19.8. The highest BCUT2D eigenvalue weighted by molar-refractivity contribution is 7.91. The van der Waals surface area contributed by atoms with Crippen molar-refractivity contribution in [2.45, 2.75) is 30.0 Å². The standard InChI is InChI=1S/C14H14FNO4S2/c1-8-12-9(15)4-2-6-11(12)21-14(8)22(19,20)16-7-3-5-10(16)13(17)18/h2,4,6,10H,3,5,7H2,1H3,(H,17,18)/t10-/m1/s1. The molecule has 3 rings (SSSR count). The highest BCUT2D eigenvalue weighted by Gasteiger charge is 2.41. The second-order valence-corrected chi connectivity index (χ2v) is 8.38. The van der Waals surface area contributed by atoms with E-state index in [1.54, 1.807) is 13.0 Å². The highest BCUT2D eigenvalue weighted by atomic mass is 32.2. The topological polar surface area (TPSA) is 74.7 Å². The van der Waals surface area contributed by atoms with Crippen LogP contribution in [0.4, 0.5) is 4.39 Å². The number of carboxylic acids is 1. The molecule has 0 bridgehead atoms. The number of aliphatic carboxylic acids is 1. The Bertz CT molecular complexity index is 859. The minimum atomic E-state index is -3.94. The number of fused-ring (bicyclic) bond motifs is 1. The average Bonchev–Trinajstić information content (AvgIpc) is 3.05. The van der Waals surface area contributed by atoms with Crippen molar-refractivity contribution in [1.29, 1.82) is 0 Å². The molecule has 8 heteroatoms. The summed E-state index contributed by atoms with van der Waals surface area (Å²) in [6.45, 7) is 1.73. The summed E-state index contributed by atoms with van der Waals surface area (Å²) in [7, 11) is -3.94. The third-order valence-electron chi connectivity index (χ3n) is 3.89. The van der Waals surface area contributed by atoms with Gasteiger partial charge in [0, 0.05) is 16.6 Å². The summed E-state index contributed by atoms with van der Waals surface area (Å²) < 4.78 is 41.1. The second-order valence-electron chi connectivity index (χ2n) is 5.24. The van der Waals surface area contributed by atoms with Crippen LogP contribution >= 0.6 is 11.3 Å². The van der Waals surface area contributed by atoms with E-state index in [1.165, 1.54) is 12.1 Å². The van der Waals surface area contributed by atoms with E-state index >= 15 is 0 Å². The predicted molar refractivity (Wildman–Crippen MR) is 81.1 cm³/mol. The number of nitrogens with zero attached hydrogens (tertiary/aromatic N) is 1. The maximum absolute atomic E-state index is 13.9. The summed E-state index contributed by atoms with van der Waals surface area (Å²) in [5, 5.41) is 9.47. The van der Waals surface area contributed by atoms with Crippen LogP contribution in [0.15, 0.2) is 22.4 Å². The molecule has 0 unspecified atom stereocenters. The van der Waals surface area contributed by atoms with Crippen LogP contribution < -0.4 is 0 Å². The number of benzene rings is 1. The number of halogens is 1. The molecule has 0 saturated carbocycles. The minimum Gasteiger partial charge on any atom is -0.480 e. The molecule has 0 spiro atoms. The fraction of sp³-hybridized carbons (Fsp3) is 0.357. The molecule has 1 saturated heterocycles. The van der Waals surface area contributed by atoms with Crippen molar-refractivity contribution in [3.63, 3.8) is 0 Å². The molecule has 5 nitrogen and oxygen atoms in total. The summed E-state index contributed by atoms with van der Waals surface area (Å²) in [5.74, 6) is -1.62. The predicted octanol–water partition coefficient (Wildman–Crippen LogP) is 2.59. The molecular formula is C14H14FNO4S2. The number of sulfonamides is 1. The number of carboxylic acid groups (broad SMARTS) is 1. The van der Waals surface area contributed by atoms with Crippen LogP contribution in [0, 0.1) is 12.7 Å². The van der Waals surface area contributed by atoms with Crippen molar-refractivity contribution >= 4 is 37.4 Å². The number of hydrogen-bond acceptors (Lipinski definition) is 4. The lowest BCUT2D eigenvalue weighted by molar-refractivity contribution is -0.140. The lowest BCUT2D eigenvalue weighted by Gasteiger charge is -2.20. The van der Waals surface area contributed by atoms with Gasteiger partial charge in [0.15, 0.2) is 0 Å². The molecule has 1 aromatic heterocycles. The van der Waals surface area contributed by atoms with E-state index in [9.17, 15) is 22.7 Å². The van der Waals surface area contributed by atoms with Crippen molar-refractivity contribution in [2.24, 2.45) is 0 Å². The van der Waals surface area contributed by atoms with Gasteiger partial charge in [0.1, 0.15) is 16.1 Å². The molecule has 0 aliphatic carbocycles. The van der Waals surface area contributed by atoms with E-state index in [2.05, 4.69) is 0 Å². The first kappa shape index (κ1) is 15.4. The number of thiophene rings is 1. The maximum Gasteiger partial charge on any atom is 0.322 e. The van der Waals surface area contributed by atoms with E-state index in [0.717, 1.165) is 15.6 Å². The van der Waals surface area contributed by atoms with E-state index < -0.39 is 27.9 Å². The van der Waals surface area contributed by atoms with Crippen LogP contribution in [0.25, 0.3) is 10.1 Å². The van der Waals surface area contributed by atoms with Gasteiger partial charge in [0.2, 0.25) is 0 Å². The average molecular weight is 343 g/mol. The van der Waals surface area contributed by atoms with Gasteiger partial charge < -0.3 is 5.11 Å². The summed E-state index contributed by atoms with van der Waals surface area (Å²) in [4.78, 5) is 11.2. The van der Waals surface area contributed by atoms with Crippen molar-refractivity contribution in [3.8, 4) is 0 Å². The number of carbonyl (C=O) groups is 1. The van der Waals surface area contributed by atoms with E-state index in [-0.39, 0.29) is 16.1 Å². The molecule has 1 fully saturated rings. The molecule has 22 heavy (non-hydrogen) atoms. The molecule has 2 heterocycles. The Morgan fingerprint density at radius 3 is 2.82 bits per heavy atom. The van der Waals surface area contributed by atoms with E-state index in [1.807, 2.05) is 0 Å². The van der Waals surface area contributed by atoms with Crippen LogP contribution in [0.2, 0.25) is 0 Å².